The van der Waals surface area contributed by atoms with Crippen LogP contribution in [0, 0.1) is 5.41 Å². The molecular formula is C21H27ClN2O4S. The fourth-order valence-electron chi connectivity index (χ4n) is 2.55. The number of nitrogens with one attached hydrogen (secondary N) is 1. The summed E-state index contributed by atoms with van der Waals surface area (Å²) in [5.74, 6) is 0.0159. The third-order valence-electron chi connectivity index (χ3n) is 4.10. The Morgan fingerprint density at radius 3 is 2.34 bits per heavy atom. The molecule has 0 aliphatic carbocycles. The second-order valence-electron chi connectivity index (χ2n) is 7.89. The van der Waals surface area contributed by atoms with Crippen LogP contribution in [0.25, 0.3) is 0 Å². The van der Waals surface area contributed by atoms with Crippen molar-refractivity contribution in [3.63, 3.8) is 0 Å². The second-order valence-corrected chi connectivity index (χ2v) is 10.2. The zero-order chi connectivity index (χ0) is 21.7. The highest BCUT2D eigenvalue weighted by atomic mass is 35.5. The highest BCUT2D eigenvalue weighted by Crippen LogP contribution is 2.29. The molecule has 0 aliphatic heterocycles. The van der Waals surface area contributed by atoms with Crippen LogP contribution in [-0.4, -0.2) is 38.8 Å². The number of sulfonamides is 1. The molecular weight excluding hydrogens is 412 g/mol. The number of ether oxygens (including phenoxy) is 1. The molecule has 0 aromatic heterocycles. The molecule has 2 aromatic carbocycles. The Morgan fingerprint density at radius 1 is 1.14 bits per heavy atom. The molecule has 0 aliphatic rings. The average Bonchev–Trinajstić information content (AvgIpc) is 2.66. The van der Waals surface area contributed by atoms with E-state index in [0.717, 1.165) is 9.87 Å². The van der Waals surface area contributed by atoms with E-state index in [0.29, 0.717) is 12.3 Å². The van der Waals surface area contributed by atoms with Gasteiger partial charge in [-0.3, -0.25) is 4.79 Å². The van der Waals surface area contributed by atoms with Gasteiger partial charge in [-0.05, 0) is 29.2 Å². The summed E-state index contributed by atoms with van der Waals surface area (Å²) in [6, 6.07) is 13.4. The predicted octanol–water partition coefficient (Wildman–Crippen LogP) is 3.70. The lowest BCUT2D eigenvalue weighted by atomic mass is 9.97. The lowest BCUT2D eigenvalue weighted by molar-refractivity contribution is -0.121. The van der Waals surface area contributed by atoms with Crippen molar-refractivity contribution in [2.24, 2.45) is 5.41 Å². The molecule has 0 unspecified atom stereocenters. The molecule has 2 aromatic rings. The Labute approximate surface area is 177 Å². The number of methoxy groups -OCH3 is 1. The first-order valence-electron chi connectivity index (χ1n) is 9.17. The van der Waals surface area contributed by atoms with Crippen LogP contribution in [0.1, 0.15) is 26.3 Å². The van der Waals surface area contributed by atoms with Gasteiger partial charge in [0.1, 0.15) is 5.75 Å². The van der Waals surface area contributed by atoms with Crippen LogP contribution in [0.3, 0.4) is 0 Å². The van der Waals surface area contributed by atoms with E-state index in [1.54, 1.807) is 0 Å². The summed E-state index contributed by atoms with van der Waals surface area (Å²) in [7, 11) is -2.51. The number of hydrogen-bond acceptors (Lipinski definition) is 4. The number of amides is 1. The van der Waals surface area contributed by atoms with Crippen molar-refractivity contribution in [3.8, 4) is 5.75 Å². The Balaban J connectivity index is 2.32. The lowest BCUT2D eigenvalue weighted by Crippen LogP contribution is -2.42. The van der Waals surface area contributed by atoms with E-state index in [4.69, 9.17) is 16.3 Å². The lowest BCUT2D eigenvalue weighted by Gasteiger charge is -2.24. The van der Waals surface area contributed by atoms with Crippen LogP contribution < -0.4 is 10.1 Å². The number of hydrogen-bond donors (Lipinski definition) is 1. The van der Waals surface area contributed by atoms with E-state index >= 15 is 0 Å². The number of halogens is 1. The Hall–Kier alpha value is -2.09. The Kier molecular flexibility index (Phi) is 7.68. The first-order chi connectivity index (χ1) is 13.5. The molecule has 0 radical (unpaired) electrons. The van der Waals surface area contributed by atoms with Crippen molar-refractivity contribution in [1.29, 1.82) is 0 Å². The van der Waals surface area contributed by atoms with Crippen LogP contribution in [0.4, 0.5) is 0 Å². The molecule has 0 saturated carbocycles. The normalized spacial score (nSPS) is 12.1. The molecule has 1 amide bonds. The van der Waals surface area contributed by atoms with Crippen molar-refractivity contribution in [2.45, 2.75) is 32.2 Å². The van der Waals surface area contributed by atoms with Crippen molar-refractivity contribution in [3.05, 3.63) is 59.1 Å². The van der Waals surface area contributed by atoms with E-state index < -0.39 is 10.0 Å². The van der Waals surface area contributed by atoms with Gasteiger partial charge in [-0.15, -0.1) is 0 Å². The van der Waals surface area contributed by atoms with Gasteiger partial charge in [0.15, 0.2) is 0 Å². The van der Waals surface area contributed by atoms with Gasteiger partial charge in [-0.1, -0.05) is 62.7 Å². The summed E-state index contributed by atoms with van der Waals surface area (Å²) in [5.41, 5.74) is 0.668. The first-order valence-corrected chi connectivity index (χ1v) is 11.0. The summed E-state index contributed by atoms with van der Waals surface area (Å²) in [5, 5.41) is 2.99. The van der Waals surface area contributed by atoms with Crippen molar-refractivity contribution >= 4 is 27.5 Å². The average molecular weight is 439 g/mol. The third kappa shape index (κ3) is 6.73. The van der Waals surface area contributed by atoms with Crippen molar-refractivity contribution < 1.29 is 17.9 Å². The highest BCUT2D eigenvalue weighted by Gasteiger charge is 2.28. The van der Waals surface area contributed by atoms with Crippen LogP contribution in [0.15, 0.2) is 53.4 Å². The van der Waals surface area contributed by atoms with Gasteiger partial charge in [-0.25, -0.2) is 8.42 Å². The maximum absolute atomic E-state index is 13.3. The quantitative estimate of drug-likeness (QED) is 0.681. The largest absolute Gasteiger partial charge is 0.495 e. The summed E-state index contributed by atoms with van der Waals surface area (Å²) < 4.78 is 32.8. The number of rotatable bonds is 8. The molecule has 0 spiro atoms. The fraction of sp³-hybridized carbons (Fsp3) is 0.381. The van der Waals surface area contributed by atoms with Gasteiger partial charge < -0.3 is 10.1 Å². The van der Waals surface area contributed by atoms with Gasteiger partial charge in [0.05, 0.1) is 23.6 Å². The van der Waals surface area contributed by atoms with E-state index in [9.17, 15) is 13.2 Å². The molecule has 8 heteroatoms. The molecule has 0 bridgehead atoms. The Bertz CT molecular complexity index is 941. The topological polar surface area (TPSA) is 75.7 Å². The summed E-state index contributed by atoms with van der Waals surface area (Å²) in [6.45, 7) is 6.19. The van der Waals surface area contributed by atoms with Crippen LogP contribution in [0.2, 0.25) is 5.02 Å². The molecule has 6 nitrogen and oxygen atoms in total. The minimum absolute atomic E-state index is 0.00264. The maximum Gasteiger partial charge on any atom is 0.243 e. The van der Waals surface area contributed by atoms with Crippen LogP contribution in [0.5, 0.6) is 5.75 Å². The molecule has 0 fully saturated rings. The molecule has 0 heterocycles. The number of nitrogens with zero attached hydrogens (tertiary/aromatic N) is 1. The zero-order valence-electron chi connectivity index (χ0n) is 17.1. The second kappa shape index (κ2) is 9.61. The zero-order valence-corrected chi connectivity index (χ0v) is 18.7. The van der Waals surface area contributed by atoms with Gasteiger partial charge in [-0.2, -0.15) is 4.31 Å². The van der Waals surface area contributed by atoms with Gasteiger partial charge in [0.25, 0.3) is 0 Å². The van der Waals surface area contributed by atoms with Crippen LogP contribution in [-0.2, 0) is 21.4 Å². The SMILES string of the molecule is COc1ccc(S(=O)(=O)N(CC(=O)NCC(C)(C)C)Cc2ccccc2)cc1Cl. The predicted molar refractivity (Wildman–Crippen MR) is 115 cm³/mol. The van der Waals surface area contributed by atoms with Gasteiger partial charge >= 0.3 is 0 Å². The monoisotopic (exact) mass is 438 g/mol. The standard InChI is InChI=1S/C21H27ClN2O4S/c1-21(2,3)15-23-20(25)14-24(13-16-8-6-5-7-9-16)29(26,27)17-10-11-19(28-4)18(22)12-17/h5-12H,13-15H2,1-4H3,(H,23,25). The van der Waals surface area contributed by atoms with Gasteiger partial charge in [0, 0.05) is 13.1 Å². The summed E-state index contributed by atoms with van der Waals surface area (Å²) >= 11 is 6.12. The summed E-state index contributed by atoms with van der Waals surface area (Å²) in [6.07, 6.45) is 0. The van der Waals surface area contributed by atoms with E-state index in [1.165, 1.54) is 25.3 Å². The number of carbonyl (C=O) groups excluding carboxylic acids is 1. The van der Waals surface area contributed by atoms with Gasteiger partial charge in [0.2, 0.25) is 15.9 Å². The van der Waals surface area contributed by atoms with Crippen LogP contribution >= 0.6 is 11.6 Å². The third-order valence-corrected chi connectivity index (χ3v) is 6.18. The van der Waals surface area contributed by atoms with E-state index in [-0.39, 0.29) is 34.3 Å². The maximum atomic E-state index is 13.3. The minimum Gasteiger partial charge on any atom is -0.495 e. The van der Waals surface area contributed by atoms with E-state index in [1.807, 2.05) is 51.1 Å². The Morgan fingerprint density at radius 2 is 1.79 bits per heavy atom. The van der Waals surface area contributed by atoms with E-state index in [2.05, 4.69) is 5.32 Å². The number of carbonyl (C=O) groups is 1. The molecule has 1 N–H and O–H groups in total. The molecule has 0 saturated heterocycles. The molecule has 2 rings (SSSR count). The summed E-state index contributed by atoms with van der Waals surface area (Å²) in [4.78, 5) is 12.5. The van der Waals surface area contributed by atoms with Crippen molar-refractivity contribution in [2.75, 3.05) is 20.2 Å². The number of benzene rings is 2. The van der Waals surface area contributed by atoms with Crippen molar-refractivity contribution in [1.82, 2.24) is 9.62 Å². The minimum atomic E-state index is -3.96. The smallest absolute Gasteiger partial charge is 0.243 e. The first kappa shape index (κ1) is 23.2. The fourth-order valence-corrected chi connectivity index (χ4v) is 4.28. The molecule has 0 atom stereocenters. The molecule has 29 heavy (non-hydrogen) atoms. The highest BCUT2D eigenvalue weighted by molar-refractivity contribution is 7.89. The molecule has 158 valence electrons.